The fraction of sp³-hybridized carbons (Fsp3) is 0.250. The molecule has 2 amide bonds. The van der Waals surface area contributed by atoms with Gasteiger partial charge in [0.1, 0.15) is 10.8 Å². The van der Waals surface area contributed by atoms with Crippen LogP contribution >= 0.6 is 22.9 Å². The second kappa shape index (κ2) is 12.7. The highest BCUT2D eigenvalue weighted by molar-refractivity contribution is 7.17. The zero-order chi connectivity index (χ0) is 27.9. The van der Waals surface area contributed by atoms with E-state index in [0.29, 0.717) is 34.1 Å². The van der Waals surface area contributed by atoms with Crippen LogP contribution in [-0.2, 0) is 27.2 Å². The largest absolute Gasteiger partial charge is 0.462 e. The van der Waals surface area contributed by atoms with Crippen molar-refractivity contribution in [2.75, 3.05) is 11.9 Å². The van der Waals surface area contributed by atoms with Crippen molar-refractivity contribution >= 4 is 57.9 Å². The lowest BCUT2D eigenvalue weighted by Gasteiger charge is -2.18. The summed E-state index contributed by atoms with van der Waals surface area (Å²) in [6.07, 6.45) is 3.68. The van der Waals surface area contributed by atoms with E-state index in [1.807, 2.05) is 0 Å². The summed E-state index contributed by atoms with van der Waals surface area (Å²) in [4.78, 5) is 51.2. The summed E-state index contributed by atoms with van der Waals surface area (Å²) in [6, 6.07) is 12.8. The monoisotopic (exact) mass is 567 g/mol. The van der Waals surface area contributed by atoms with Crippen LogP contribution in [0.2, 0.25) is 5.02 Å². The number of hydrogen-bond acceptors (Lipinski definition) is 8. The topological polar surface area (TPSA) is 123 Å². The highest BCUT2D eigenvalue weighted by atomic mass is 35.5. The maximum Gasteiger partial charge on any atom is 0.343 e. The van der Waals surface area contributed by atoms with Crippen molar-refractivity contribution in [1.82, 2.24) is 5.43 Å². The molecule has 4 rings (SSSR count). The first kappa shape index (κ1) is 28.0. The number of nitrogens with zero attached hydrogens (tertiary/aromatic N) is 1. The normalized spacial score (nSPS) is 14.4. The van der Waals surface area contributed by atoms with Gasteiger partial charge in [-0.05, 0) is 74.1 Å². The molecule has 1 atom stereocenters. The van der Waals surface area contributed by atoms with Crippen molar-refractivity contribution in [3.63, 3.8) is 0 Å². The Balaban J connectivity index is 1.42. The standard InChI is InChI=1S/C28H26ClN3O6S/c1-3-37-28(36)23-20-13-8-16(2)14-22(20)39-26(23)31-24(33)25(34)32-30-15-18-6-4-5-7-21(18)38-27(35)17-9-11-19(29)12-10-17/h4-7,9-12,15-16H,3,8,13-14H2,1-2H3,(H,31,33)(H,32,34)/b30-15-/t16-/m1/s1. The number of fused-ring (bicyclic) bond motifs is 1. The molecular weight excluding hydrogens is 542 g/mol. The number of para-hydroxylation sites is 1. The third-order valence-corrected chi connectivity index (χ3v) is 7.42. The van der Waals surface area contributed by atoms with E-state index < -0.39 is 23.8 Å². The Morgan fingerprint density at radius 3 is 2.56 bits per heavy atom. The van der Waals surface area contributed by atoms with Crippen LogP contribution < -0.4 is 15.5 Å². The van der Waals surface area contributed by atoms with Crippen molar-refractivity contribution in [2.24, 2.45) is 11.0 Å². The average Bonchev–Trinajstić information content (AvgIpc) is 3.26. The van der Waals surface area contributed by atoms with Gasteiger partial charge in [-0.1, -0.05) is 30.7 Å². The van der Waals surface area contributed by atoms with E-state index in [2.05, 4.69) is 22.8 Å². The Labute approximate surface area is 234 Å². The Morgan fingerprint density at radius 2 is 1.82 bits per heavy atom. The summed E-state index contributed by atoms with van der Waals surface area (Å²) in [5.74, 6) is -2.47. The minimum Gasteiger partial charge on any atom is -0.462 e. The van der Waals surface area contributed by atoms with E-state index >= 15 is 0 Å². The minimum atomic E-state index is -1.03. The van der Waals surface area contributed by atoms with Gasteiger partial charge >= 0.3 is 23.8 Å². The fourth-order valence-corrected chi connectivity index (χ4v) is 5.57. The van der Waals surface area contributed by atoms with Crippen LogP contribution in [0, 0.1) is 5.92 Å². The molecule has 2 aromatic carbocycles. The summed E-state index contributed by atoms with van der Waals surface area (Å²) >= 11 is 7.15. The van der Waals surface area contributed by atoms with Gasteiger partial charge in [0, 0.05) is 15.5 Å². The maximum absolute atomic E-state index is 12.6. The van der Waals surface area contributed by atoms with Crippen molar-refractivity contribution in [1.29, 1.82) is 0 Å². The summed E-state index contributed by atoms with van der Waals surface area (Å²) in [7, 11) is 0. The van der Waals surface area contributed by atoms with Gasteiger partial charge in [-0.25, -0.2) is 15.0 Å². The number of carbonyl (C=O) groups is 4. The van der Waals surface area contributed by atoms with Gasteiger partial charge in [0.15, 0.2) is 0 Å². The summed E-state index contributed by atoms with van der Waals surface area (Å²) in [5, 5.41) is 7.16. The van der Waals surface area contributed by atoms with E-state index in [1.165, 1.54) is 29.7 Å². The summed E-state index contributed by atoms with van der Waals surface area (Å²) in [6.45, 7) is 4.03. The molecule has 3 aromatic rings. The number of hydrazone groups is 1. The first-order valence-electron chi connectivity index (χ1n) is 12.3. The zero-order valence-electron chi connectivity index (χ0n) is 21.3. The number of halogens is 1. The fourth-order valence-electron chi connectivity index (χ4n) is 4.05. The Kier molecular flexibility index (Phi) is 9.11. The SMILES string of the molecule is CCOC(=O)c1c(NC(=O)C(=O)N/N=C\c2ccccc2OC(=O)c2ccc(Cl)cc2)sc2c1CC[C@@H](C)C2. The molecule has 1 aliphatic carbocycles. The van der Waals surface area contributed by atoms with E-state index in [9.17, 15) is 19.2 Å². The molecule has 0 saturated carbocycles. The lowest BCUT2D eigenvalue weighted by Crippen LogP contribution is -2.32. The molecule has 11 heteroatoms. The van der Waals surface area contributed by atoms with Crippen LogP contribution in [0.5, 0.6) is 5.75 Å². The number of esters is 2. The van der Waals surface area contributed by atoms with Gasteiger partial charge in [0.2, 0.25) is 0 Å². The van der Waals surface area contributed by atoms with Crippen molar-refractivity contribution in [3.05, 3.63) is 80.7 Å². The second-order valence-corrected chi connectivity index (χ2v) is 10.4. The Bertz CT molecular complexity index is 1430. The van der Waals surface area contributed by atoms with Crippen LogP contribution in [0.4, 0.5) is 5.00 Å². The minimum absolute atomic E-state index is 0.193. The molecule has 1 heterocycles. The number of amides is 2. The molecule has 0 bridgehead atoms. The highest BCUT2D eigenvalue weighted by Crippen LogP contribution is 2.40. The molecule has 9 nitrogen and oxygen atoms in total. The van der Waals surface area contributed by atoms with Crippen molar-refractivity contribution in [2.45, 2.75) is 33.1 Å². The van der Waals surface area contributed by atoms with Gasteiger partial charge in [-0.2, -0.15) is 5.10 Å². The van der Waals surface area contributed by atoms with Crippen LogP contribution in [0.1, 0.15) is 57.0 Å². The first-order valence-corrected chi connectivity index (χ1v) is 13.5. The van der Waals surface area contributed by atoms with Crippen LogP contribution in [0.25, 0.3) is 0 Å². The van der Waals surface area contributed by atoms with Gasteiger partial charge < -0.3 is 14.8 Å². The third-order valence-electron chi connectivity index (χ3n) is 6.00. The predicted molar refractivity (Wildman–Crippen MR) is 149 cm³/mol. The number of rotatable bonds is 7. The number of benzene rings is 2. The quantitative estimate of drug-likeness (QED) is 0.136. The van der Waals surface area contributed by atoms with E-state index in [1.54, 1.807) is 43.3 Å². The van der Waals surface area contributed by atoms with Gasteiger partial charge in [-0.15, -0.1) is 11.3 Å². The van der Waals surface area contributed by atoms with Crippen LogP contribution in [-0.4, -0.2) is 36.6 Å². The van der Waals surface area contributed by atoms with E-state index in [0.717, 1.165) is 23.3 Å². The Hall–Kier alpha value is -4.02. The third kappa shape index (κ3) is 6.90. The summed E-state index contributed by atoms with van der Waals surface area (Å²) in [5.41, 5.74) is 4.05. The number of nitrogens with one attached hydrogen (secondary N) is 2. The molecule has 0 spiro atoms. The summed E-state index contributed by atoms with van der Waals surface area (Å²) < 4.78 is 10.6. The number of ether oxygens (including phenoxy) is 2. The lowest BCUT2D eigenvalue weighted by atomic mass is 9.88. The zero-order valence-corrected chi connectivity index (χ0v) is 22.9. The Morgan fingerprint density at radius 1 is 1.08 bits per heavy atom. The molecule has 0 radical (unpaired) electrons. The molecule has 0 aliphatic heterocycles. The number of hydrogen-bond donors (Lipinski definition) is 2. The van der Waals surface area contributed by atoms with E-state index in [-0.39, 0.29) is 17.4 Å². The first-order chi connectivity index (χ1) is 18.8. The number of carbonyl (C=O) groups excluding carboxylic acids is 4. The molecule has 0 fully saturated rings. The smallest absolute Gasteiger partial charge is 0.343 e. The molecule has 202 valence electrons. The molecular formula is C28H26ClN3O6S. The van der Waals surface area contributed by atoms with Crippen LogP contribution in [0.3, 0.4) is 0 Å². The molecule has 0 saturated heterocycles. The molecule has 2 N–H and O–H groups in total. The van der Waals surface area contributed by atoms with Gasteiger partial charge in [0.05, 0.1) is 23.9 Å². The van der Waals surface area contributed by atoms with Crippen molar-refractivity contribution < 1.29 is 28.7 Å². The van der Waals surface area contributed by atoms with Crippen LogP contribution in [0.15, 0.2) is 53.6 Å². The predicted octanol–water partition coefficient (Wildman–Crippen LogP) is 5.01. The van der Waals surface area contributed by atoms with Crippen molar-refractivity contribution in [3.8, 4) is 5.75 Å². The average molecular weight is 568 g/mol. The number of anilines is 1. The molecule has 1 aromatic heterocycles. The highest BCUT2D eigenvalue weighted by Gasteiger charge is 2.30. The van der Waals surface area contributed by atoms with Gasteiger partial charge in [0.25, 0.3) is 0 Å². The number of thiophene rings is 1. The molecule has 0 unspecified atom stereocenters. The molecule has 1 aliphatic rings. The maximum atomic E-state index is 12.6. The van der Waals surface area contributed by atoms with E-state index in [4.69, 9.17) is 21.1 Å². The second-order valence-electron chi connectivity index (χ2n) is 8.86. The lowest BCUT2D eigenvalue weighted by molar-refractivity contribution is -0.136. The molecule has 39 heavy (non-hydrogen) atoms. The van der Waals surface area contributed by atoms with Gasteiger partial charge in [-0.3, -0.25) is 9.59 Å².